The van der Waals surface area contributed by atoms with Crippen molar-refractivity contribution < 1.29 is 0 Å². The Hall–Kier alpha value is -1.71. The van der Waals surface area contributed by atoms with Crippen molar-refractivity contribution in [2.75, 3.05) is 11.9 Å². The van der Waals surface area contributed by atoms with Crippen molar-refractivity contribution in [3.05, 3.63) is 22.8 Å². The van der Waals surface area contributed by atoms with E-state index in [9.17, 15) is 0 Å². The standard InChI is InChI=1S/C10H8ClN3/c1-2-3-4-13-10-6-8(7-12)5-9(11)14-10/h5-6H,4H2,1H3,(H,13,14). The van der Waals surface area contributed by atoms with Crippen molar-refractivity contribution in [1.82, 2.24) is 4.98 Å². The third kappa shape index (κ3) is 2.97. The summed E-state index contributed by atoms with van der Waals surface area (Å²) in [5.74, 6) is 6.14. The third-order valence-corrected chi connectivity index (χ3v) is 1.65. The molecule has 0 saturated heterocycles. The average molecular weight is 206 g/mol. The summed E-state index contributed by atoms with van der Waals surface area (Å²) in [5.41, 5.74) is 0.483. The fraction of sp³-hybridized carbons (Fsp3) is 0.200. The van der Waals surface area contributed by atoms with Gasteiger partial charge in [0.15, 0.2) is 0 Å². The molecule has 1 rings (SSSR count). The summed E-state index contributed by atoms with van der Waals surface area (Å²) in [7, 11) is 0. The highest BCUT2D eigenvalue weighted by molar-refractivity contribution is 6.29. The molecular formula is C10H8ClN3. The zero-order chi connectivity index (χ0) is 10.4. The molecule has 3 nitrogen and oxygen atoms in total. The van der Waals surface area contributed by atoms with E-state index in [4.69, 9.17) is 16.9 Å². The summed E-state index contributed by atoms with van der Waals surface area (Å²) >= 11 is 5.70. The first-order valence-electron chi connectivity index (χ1n) is 3.97. The Bertz CT molecular complexity index is 423. The van der Waals surface area contributed by atoms with Gasteiger partial charge in [0.25, 0.3) is 0 Å². The zero-order valence-corrected chi connectivity index (χ0v) is 8.39. The van der Waals surface area contributed by atoms with E-state index in [2.05, 4.69) is 22.1 Å². The first kappa shape index (κ1) is 10.4. The molecule has 0 fully saturated rings. The monoisotopic (exact) mass is 205 g/mol. The van der Waals surface area contributed by atoms with Gasteiger partial charge in [-0.15, -0.1) is 5.92 Å². The van der Waals surface area contributed by atoms with Crippen molar-refractivity contribution in [3.8, 4) is 17.9 Å². The molecule has 1 heterocycles. The van der Waals surface area contributed by atoms with Gasteiger partial charge >= 0.3 is 0 Å². The minimum absolute atomic E-state index is 0.302. The second-order valence-electron chi connectivity index (χ2n) is 2.46. The van der Waals surface area contributed by atoms with Gasteiger partial charge in [-0.3, -0.25) is 0 Å². The van der Waals surface area contributed by atoms with Gasteiger partial charge in [0, 0.05) is 0 Å². The highest BCUT2D eigenvalue weighted by Crippen LogP contribution is 2.13. The lowest BCUT2D eigenvalue weighted by Crippen LogP contribution is -2.01. The normalized spacial score (nSPS) is 8.36. The molecule has 4 heteroatoms. The number of anilines is 1. The molecule has 14 heavy (non-hydrogen) atoms. The first-order chi connectivity index (χ1) is 6.76. The quantitative estimate of drug-likeness (QED) is 0.594. The predicted octanol–water partition coefficient (Wildman–Crippen LogP) is 2.04. The number of halogens is 1. The van der Waals surface area contributed by atoms with Gasteiger partial charge in [0.1, 0.15) is 11.0 Å². The molecule has 70 valence electrons. The molecule has 1 aromatic heterocycles. The summed E-state index contributed by atoms with van der Waals surface area (Å²) in [6.45, 7) is 2.25. The van der Waals surface area contributed by atoms with E-state index < -0.39 is 0 Å². The predicted molar refractivity (Wildman–Crippen MR) is 55.9 cm³/mol. The molecule has 0 aliphatic heterocycles. The van der Waals surface area contributed by atoms with E-state index in [1.807, 2.05) is 6.07 Å². The Morgan fingerprint density at radius 3 is 3.00 bits per heavy atom. The van der Waals surface area contributed by atoms with Crippen molar-refractivity contribution in [2.24, 2.45) is 0 Å². The Balaban J connectivity index is 2.81. The van der Waals surface area contributed by atoms with E-state index >= 15 is 0 Å². The number of hydrogen-bond donors (Lipinski definition) is 1. The van der Waals surface area contributed by atoms with E-state index in [1.165, 1.54) is 6.07 Å². The highest BCUT2D eigenvalue weighted by Gasteiger charge is 1.98. The van der Waals surface area contributed by atoms with Gasteiger partial charge < -0.3 is 5.32 Å². The molecule has 0 spiro atoms. The van der Waals surface area contributed by atoms with Crippen LogP contribution in [0.3, 0.4) is 0 Å². The summed E-state index contributed by atoms with van der Waals surface area (Å²) in [6, 6.07) is 5.14. The van der Waals surface area contributed by atoms with E-state index in [0.29, 0.717) is 23.1 Å². The van der Waals surface area contributed by atoms with Crippen molar-refractivity contribution in [1.29, 1.82) is 5.26 Å². The minimum Gasteiger partial charge on any atom is -0.359 e. The highest BCUT2D eigenvalue weighted by atomic mass is 35.5. The van der Waals surface area contributed by atoms with E-state index in [-0.39, 0.29) is 0 Å². The second-order valence-corrected chi connectivity index (χ2v) is 2.84. The van der Waals surface area contributed by atoms with Crippen LogP contribution in [-0.2, 0) is 0 Å². The smallest absolute Gasteiger partial charge is 0.132 e. The number of aromatic nitrogens is 1. The molecule has 0 unspecified atom stereocenters. The molecular weight excluding hydrogens is 198 g/mol. The summed E-state index contributed by atoms with van der Waals surface area (Å²) in [6.07, 6.45) is 0. The SMILES string of the molecule is CC#CCNc1cc(C#N)cc(Cl)n1. The maximum atomic E-state index is 8.67. The number of pyridine rings is 1. The van der Waals surface area contributed by atoms with Crippen LogP contribution in [0.15, 0.2) is 12.1 Å². The van der Waals surface area contributed by atoms with Crippen molar-refractivity contribution in [2.45, 2.75) is 6.92 Å². The minimum atomic E-state index is 0.302. The maximum absolute atomic E-state index is 8.67. The average Bonchev–Trinajstić information content (AvgIpc) is 2.17. The fourth-order valence-electron chi connectivity index (χ4n) is 0.875. The molecule has 0 aromatic carbocycles. The Kier molecular flexibility index (Phi) is 3.79. The van der Waals surface area contributed by atoms with Crippen LogP contribution in [0.5, 0.6) is 0 Å². The van der Waals surface area contributed by atoms with Gasteiger partial charge in [0.2, 0.25) is 0 Å². The maximum Gasteiger partial charge on any atom is 0.132 e. The first-order valence-corrected chi connectivity index (χ1v) is 4.35. The number of nitrogens with one attached hydrogen (secondary N) is 1. The van der Waals surface area contributed by atoms with Crippen LogP contribution in [0.4, 0.5) is 5.82 Å². The summed E-state index contributed by atoms with van der Waals surface area (Å²) in [5, 5.41) is 11.9. The Morgan fingerprint density at radius 1 is 1.57 bits per heavy atom. The van der Waals surface area contributed by atoms with Crippen molar-refractivity contribution in [3.63, 3.8) is 0 Å². The van der Waals surface area contributed by atoms with Gasteiger partial charge in [0.05, 0.1) is 18.2 Å². The summed E-state index contributed by atoms with van der Waals surface area (Å²) < 4.78 is 0. The summed E-state index contributed by atoms with van der Waals surface area (Å²) in [4.78, 5) is 3.99. The Labute approximate surface area is 87.7 Å². The molecule has 1 aromatic rings. The molecule has 0 radical (unpaired) electrons. The number of rotatable bonds is 2. The van der Waals surface area contributed by atoms with Crippen LogP contribution in [0, 0.1) is 23.2 Å². The number of hydrogen-bond acceptors (Lipinski definition) is 3. The van der Waals surface area contributed by atoms with Crippen LogP contribution in [0.2, 0.25) is 5.15 Å². The van der Waals surface area contributed by atoms with Crippen LogP contribution in [0.25, 0.3) is 0 Å². The van der Waals surface area contributed by atoms with Crippen LogP contribution in [-0.4, -0.2) is 11.5 Å². The molecule has 0 aliphatic rings. The van der Waals surface area contributed by atoms with Gasteiger partial charge in [-0.2, -0.15) is 5.26 Å². The molecule has 0 amide bonds. The topological polar surface area (TPSA) is 48.7 Å². The molecule has 0 atom stereocenters. The molecule has 0 saturated carbocycles. The van der Waals surface area contributed by atoms with Crippen molar-refractivity contribution >= 4 is 17.4 Å². The molecule has 0 bridgehead atoms. The van der Waals surface area contributed by atoms with Crippen LogP contribution >= 0.6 is 11.6 Å². The number of nitriles is 1. The van der Waals surface area contributed by atoms with E-state index in [0.717, 1.165) is 0 Å². The lowest BCUT2D eigenvalue weighted by atomic mass is 10.3. The number of nitrogens with zero attached hydrogens (tertiary/aromatic N) is 2. The van der Waals surface area contributed by atoms with E-state index in [1.54, 1.807) is 13.0 Å². The third-order valence-electron chi connectivity index (χ3n) is 1.46. The largest absolute Gasteiger partial charge is 0.359 e. The van der Waals surface area contributed by atoms with Gasteiger partial charge in [-0.25, -0.2) is 4.98 Å². The lowest BCUT2D eigenvalue weighted by Gasteiger charge is -2.01. The Morgan fingerprint density at radius 2 is 2.36 bits per heavy atom. The molecule has 1 N–H and O–H groups in total. The van der Waals surface area contributed by atoms with Crippen LogP contribution in [0.1, 0.15) is 12.5 Å². The van der Waals surface area contributed by atoms with Gasteiger partial charge in [-0.05, 0) is 19.1 Å². The second kappa shape index (κ2) is 5.11. The zero-order valence-electron chi connectivity index (χ0n) is 7.63. The fourth-order valence-corrected chi connectivity index (χ4v) is 1.08. The lowest BCUT2D eigenvalue weighted by molar-refractivity contribution is 1.24. The van der Waals surface area contributed by atoms with Gasteiger partial charge in [-0.1, -0.05) is 17.5 Å². The van der Waals surface area contributed by atoms with Crippen LogP contribution < -0.4 is 5.32 Å². The molecule has 0 aliphatic carbocycles.